The molecule has 1 aromatic heterocycles. The number of carbonyl (C=O) groups is 1. The van der Waals surface area contributed by atoms with Crippen LogP contribution in [-0.4, -0.2) is 53.4 Å². The number of nitrogens with one attached hydrogen (secondary N) is 2. The van der Waals surface area contributed by atoms with Gasteiger partial charge in [-0.2, -0.15) is 0 Å². The SMILES string of the molecule is CSc1cc(C)[nH]c(=O)c1CNC(=O)c1cc(Cl)c2c(c1C)O[C@@](C)(C1CCN(CC3CC3(F)F)CC1)O2. The third kappa shape index (κ3) is 5.14. The highest BCUT2D eigenvalue weighted by Crippen LogP contribution is 2.52. The van der Waals surface area contributed by atoms with Crippen molar-refractivity contribution in [2.24, 2.45) is 11.8 Å². The first kappa shape index (κ1) is 27.3. The van der Waals surface area contributed by atoms with Crippen LogP contribution >= 0.6 is 23.4 Å². The summed E-state index contributed by atoms with van der Waals surface area (Å²) in [6.45, 7) is 7.36. The van der Waals surface area contributed by atoms with Gasteiger partial charge >= 0.3 is 0 Å². The number of ether oxygens (including phenoxy) is 2. The summed E-state index contributed by atoms with van der Waals surface area (Å²) >= 11 is 8.00. The lowest BCUT2D eigenvalue weighted by Crippen LogP contribution is -2.49. The molecular formula is C27H32ClF2N3O4S. The maximum atomic E-state index is 13.3. The smallest absolute Gasteiger partial charge is 0.254 e. The Balaban J connectivity index is 1.27. The number of piperidine rings is 1. The molecule has 0 bridgehead atoms. The minimum absolute atomic E-state index is 0.0138. The quantitative estimate of drug-likeness (QED) is 0.450. The number of nitrogens with zero attached hydrogens (tertiary/aromatic N) is 1. The third-order valence-electron chi connectivity index (χ3n) is 7.93. The largest absolute Gasteiger partial charge is 0.448 e. The van der Waals surface area contributed by atoms with E-state index in [1.807, 2.05) is 26.2 Å². The number of amides is 1. The van der Waals surface area contributed by atoms with Crippen molar-refractivity contribution in [3.63, 3.8) is 0 Å². The molecular weight excluding hydrogens is 536 g/mol. The van der Waals surface area contributed by atoms with Crippen molar-refractivity contribution >= 4 is 29.3 Å². The highest BCUT2D eigenvalue weighted by atomic mass is 35.5. The molecule has 2 atom stereocenters. The monoisotopic (exact) mass is 567 g/mol. The minimum Gasteiger partial charge on any atom is -0.448 e. The fraction of sp³-hybridized carbons (Fsp3) is 0.556. The molecule has 1 saturated heterocycles. The Bertz CT molecular complexity index is 1330. The highest BCUT2D eigenvalue weighted by Gasteiger charge is 2.57. The maximum absolute atomic E-state index is 13.3. The van der Waals surface area contributed by atoms with E-state index in [9.17, 15) is 18.4 Å². The third-order valence-corrected chi connectivity index (χ3v) is 9.02. The molecule has 2 aromatic rings. The second kappa shape index (κ2) is 10.0. The van der Waals surface area contributed by atoms with Crippen LogP contribution in [0.15, 0.2) is 21.8 Å². The average Bonchev–Trinajstić information content (AvgIpc) is 3.28. The lowest BCUT2D eigenvalue weighted by atomic mass is 9.89. The first-order valence-corrected chi connectivity index (χ1v) is 14.4. The number of benzene rings is 1. The molecule has 2 N–H and O–H groups in total. The highest BCUT2D eigenvalue weighted by molar-refractivity contribution is 7.98. The van der Waals surface area contributed by atoms with Crippen molar-refractivity contribution in [2.45, 2.75) is 63.2 Å². The molecule has 2 fully saturated rings. The molecule has 206 valence electrons. The Kier molecular flexibility index (Phi) is 7.19. The van der Waals surface area contributed by atoms with Crippen molar-refractivity contribution in [3.8, 4) is 11.5 Å². The van der Waals surface area contributed by atoms with Crippen LogP contribution in [0.25, 0.3) is 0 Å². The van der Waals surface area contributed by atoms with Crippen LogP contribution in [-0.2, 0) is 6.54 Å². The van der Waals surface area contributed by atoms with E-state index in [0.717, 1.165) is 23.4 Å². The lowest BCUT2D eigenvalue weighted by molar-refractivity contribution is -0.125. The van der Waals surface area contributed by atoms with Gasteiger partial charge in [-0.1, -0.05) is 11.6 Å². The number of halogens is 3. The van der Waals surface area contributed by atoms with Crippen molar-refractivity contribution in [1.82, 2.24) is 15.2 Å². The van der Waals surface area contributed by atoms with Crippen LogP contribution in [0.5, 0.6) is 11.5 Å². The molecule has 1 aromatic carbocycles. The molecule has 38 heavy (non-hydrogen) atoms. The Hall–Kier alpha value is -2.30. The fourth-order valence-electron chi connectivity index (χ4n) is 5.47. The van der Waals surface area contributed by atoms with E-state index in [-0.39, 0.29) is 35.4 Å². The summed E-state index contributed by atoms with van der Waals surface area (Å²) in [6, 6.07) is 3.44. The van der Waals surface area contributed by atoms with Gasteiger partial charge in [-0.3, -0.25) is 9.59 Å². The topological polar surface area (TPSA) is 83.7 Å². The molecule has 0 spiro atoms. The fourth-order valence-corrected chi connectivity index (χ4v) is 6.41. The second-order valence-electron chi connectivity index (χ2n) is 10.7. The van der Waals surface area contributed by atoms with Crippen LogP contribution in [0.3, 0.4) is 0 Å². The van der Waals surface area contributed by atoms with Crippen LogP contribution in [0.4, 0.5) is 8.78 Å². The predicted molar refractivity (Wildman–Crippen MR) is 143 cm³/mol. The molecule has 3 heterocycles. The molecule has 1 aliphatic carbocycles. The molecule has 1 unspecified atom stereocenters. The van der Waals surface area contributed by atoms with E-state index in [2.05, 4.69) is 15.2 Å². The number of H-pyrrole nitrogens is 1. The standard InChI is InChI=1S/C27H32ClF2N3O4S/c1-14-9-21(38-4)19(25(35)32-14)12-31-24(34)18-10-20(28)23-22(15(18)2)36-26(3,37-23)16-5-7-33(8-6-16)13-17-11-27(17,29)30/h9-10,16-17H,5-8,11-13H2,1-4H3,(H,31,34)(H,32,35)/t17?,26-/m1/s1. The number of aromatic amines is 1. The Labute approximate surface area is 229 Å². The molecule has 2 aliphatic heterocycles. The number of hydrogen-bond donors (Lipinski definition) is 2. The van der Waals surface area contributed by atoms with Gasteiger partial charge in [-0.15, -0.1) is 11.8 Å². The number of likely N-dealkylation sites (tertiary alicyclic amines) is 1. The van der Waals surface area contributed by atoms with E-state index in [1.165, 1.54) is 11.8 Å². The molecule has 1 saturated carbocycles. The van der Waals surface area contributed by atoms with E-state index in [0.29, 0.717) is 47.8 Å². The van der Waals surface area contributed by atoms with Gasteiger partial charge in [-0.05, 0) is 58.2 Å². The Morgan fingerprint density at radius 3 is 2.53 bits per heavy atom. The number of pyridine rings is 1. The summed E-state index contributed by atoms with van der Waals surface area (Å²) in [4.78, 5) is 31.3. The molecule has 11 heteroatoms. The van der Waals surface area contributed by atoms with E-state index in [1.54, 1.807) is 13.0 Å². The summed E-state index contributed by atoms with van der Waals surface area (Å²) in [6.07, 6.45) is 3.36. The van der Waals surface area contributed by atoms with Crippen molar-refractivity contribution < 1.29 is 23.0 Å². The van der Waals surface area contributed by atoms with E-state index < -0.39 is 17.6 Å². The number of rotatable bonds is 7. The summed E-state index contributed by atoms with van der Waals surface area (Å²) in [7, 11) is 0. The number of fused-ring (bicyclic) bond motifs is 1. The number of aromatic nitrogens is 1. The van der Waals surface area contributed by atoms with Crippen LogP contribution in [0.1, 0.15) is 53.4 Å². The van der Waals surface area contributed by atoms with Gasteiger partial charge in [0.1, 0.15) is 0 Å². The molecule has 1 amide bonds. The number of aryl methyl sites for hydroxylation is 1. The van der Waals surface area contributed by atoms with Gasteiger partial charge in [0.25, 0.3) is 23.2 Å². The van der Waals surface area contributed by atoms with Gasteiger partial charge < -0.3 is 24.7 Å². The summed E-state index contributed by atoms with van der Waals surface area (Å²) in [5.74, 6) is -3.50. The molecule has 3 aliphatic rings. The van der Waals surface area contributed by atoms with Crippen LogP contribution in [0, 0.1) is 25.7 Å². The zero-order chi connectivity index (χ0) is 27.4. The Morgan fingerprint density at radius 2 is 1.89 bits per heavy atom. The first-order chi connectivity index (χ1) is 17.9. The van der Waals surface area contributed by atoms with Gasteiger partial charge in [0.15, 0.2) is 11.5 Å². The van der Waals surface area contributed by atoms with Gasteiger partial charge in [0.05, 0.1) is 5.02 Å². The van der Waals surface area contributed by atoms with Gasteiger partial charge in [-0.25, -0.2) is 8.78 Å². The Morgan fingerprint density at radius 1 is 1.24 bits per heavy atom. The summed E-state index contributed by atoms with van der Waals surface area (Å²) in [5.41, 5.74) is 1.96. The first-order valence-electron chi connectivity index (χ1n) is 12.8. The summed E-state index contributed by atoms with van der Waals surface area (Å²) in [5, 5.41) is 3.11. The molecule has 5 rings (SSSR count). The summed E-state index contributed by atoms with van der Waals surface area (Å²) < 4.78 is 39.3. The second-order valence-corrected chi connectivity index (χ2v) is 11.9. The van der Waals surface area contributed by atoms with Crippen molar-refractivity contribution in [1.29, 1.82) is 0 Å². The molecule has 7 nitrogen and oxygen atoms in total. The number of carbonyl (C=O) groups excluding carboxylic acids is 1. The van der Waals surface area contributed by atoms with E-state index in [4.69, 9.17) is 21.1 Å². The number of thioether (sulfide) groups is 1. The average molecular weight is 568 g/mol. The van der Waals surface area contributed by atoms with E-state index >= 15 is 0 Å². The zero-order valence-electron chi connectivity index (χ0n) is 21.9. The van der Waals surface area contributed by atoms with Crippen LogP contribution < -0.4 is 20.3 Å². The van der Waals surface area contributed by atoms with Crippen molar-refractivity contribution in [2.75, 3.05) is 25.9 Å². The lowest BCUT2D eigenvalue weighted by Gasteiger charge is -2.38. The number of hydrogen-bond acceptors (Lipinski definition) is 6. The van der Waals surface area contributed by atoms with Gasteiger partial charge in [0.2, 0.25) is 0 Å². The minimum atomic E-state index is -2.51. The van der Waals surface area contributed by atoms with Gasteiger partial charge in [0, 0.05) is 65.5 Å². The zero-order valence-corrected chi connectivity index (χ0v) is 23.5. The normalized spacial score (nSPS) is 24.4. The maximum Gasteiger partial charge on any atom is 0.254 e. The number of alkyl halides is 2. The predicted octanol–water partition coefficient (Wildman–Crippen LogP) is 5.15. The van der Waals surface area contributed by atoms with Crippen LogP contribution in [0.2, 0.25) is 5.02 Å². The molecule has 0 radical (unpaired) electrons. The van der Waals surface area contributed by atoms with Crippen molar-refractivity contribution in [3.05, 3.63) is 49.9 Å².